The van der Waals surface area contributed by atoms with Gasteiger partial charge in [0.2, 0.25) is 0 Å². The molecule has 0 spiro atoms. The predicted octanol–water partition coefficient (Wildman–Crippen LogP) is 7.40. The van der Waals surface area contributed by atoms with Crippen molar-refractivity contribution in [3.63, 3.8) is 0 Å². The number of anilines is 2. The molecular weight excluding hydrogens is 489 g/mol. The van der Waals surface area contributed by atoms with Gasteiger partial charge in [-0.3, -0.25) is 4.79 Å². The van der Waals surface area contributed by atoms with E-state index in [9.17, 15) is 4.79 Å². The molecule has 0 aliphatic heterocycles. The first kappa shape index (κ1) is 24.3. The highest BCUT2D eigenvalue weighted by atomic mass is 35.5. The minimum atomic E-state index is -0.228. The van der Waals surface area contributed by atoms with Gasteiger partial charge in [0.15, 0.2) is 0 Å². The van der Waals surface area contributed by atoms with Gasteiger partial charge in [0.05, 0.1) is 16.8 Å². The highest BCUT2D eigenvalue weighted by Gasteiger charge is 2.15. The lowest BCUT2D eigenvalue weighted by molar-refractivity contribution is 0.102. The Hall–Kier alpha value is -2.79. The van der Waals surface area contributed by atoms with Crippen LogP contribution in [0.15, 0.2) is 72.8 Å². The minimum absolute atomic E-state index is 0.228. The van der Waals surface area contributed by atoms with Gasteiger partial charge in [-0.15, -0.1) is 23.2 Å². The summed E-state index contributed by atoms with van der Waals surface area (Å²) in [5.41, 5.74) is 5.75. The summed E-state index contributed by atoms with van der Waals surface area (Å²) in [6, 6.07) is 22.9. The monoisotopic (exact) mass is 511 g/mol. The van der Waals surface area contributed by atoms with Crippen molar-refractivity contribution >= 4 is 63.0 Å². The third-order valence-electron chi connectivity index (χ3n) is 5.56. The van der Waals surface area contributed by atoms with Crippen LogP contribution in [0.25, 0.3) is 22.2 Å². The molecule has 4 rings (SSSR count). The Bertz CT molecular complexity index is 1290. The van der Waals surface area contributed by atoms with Gasteiger partial charge < -0.3 is 10.2 Å². The van der Waals surface area contributed by atoms with E-state index in [1.54, 1.807) is 12.1 Å². The molecule has 0 bridgehead atoms. The van der Waals surface area contributed by atoms with E-state index >= 15 is 0 Å². The number of nitrogens with zero attached hydrogens (tertiary/aromatic N) is 2. The van der Waals surface area contributed by atoms with Gasteiger partial charge in [-0.2, -0.15) is 0 Å². The van der Waals surface area contributed by atoms with Crippen LogP contribution in [-0.2, 0) is 0 Å². The standard InChI is InChI=1S/C27H24Cl3N3O/c1-18-2-4-19(5-3-18)26-17-24(23-16-20(30)6-11-25(23)32-26)27(34)31-21-7-9-22(10-8-21)33(14-12-28)15-13-29/h2-11,16-17H,12-15H2,1H3,(H,31,34). The molecule has 1 aromatic heterocycles. The lowest BCUT2D eigenvalue weighted by atomic mass is 10.0. The van der Waals surface area contributed by atoms with Crippen molar-refractivity contribution in [2.45, 2.75) is 6.92 Å². The molecule has 0 atom stereocenters. The zero-order valence-corrected chi connectivity index (χ0v) is 21.0. The molecule has 1 amide bonds. The van der Waals surface area contributed by atoms with Gasteiger partial charge >= 0.3 is 0 Å². The summed E-state index contributed by atoms with van der Waals surface area (Å²) in [6.07, 6.45) is 0. The summed E-state index contributed by atoms with van der Waals surface area (Å²) in [5.74, 6) is 0.793. The Morgan fingerprint density at radius 3 is 2.24 bits per heavy atom. The highest BCUT2D eigenvalue weighted by Crippen LogP contribution is 2.28. The third-order valence-corrected chi connectivity index (χ3v) is 6.14. The summed E-state index contributed by atoms with van der Waals surface area (Å²) >= 11 is 18.1. The van der Waals surface area contributed by atoms with Gasteiger partial charge in [0.1, 0.15) is 0 Å². The number of amides is 1. The van der Waals surface area contributed by atoms with Crippen LogP contribution in [0.5, 0.6) is 0 Å². The van der Waals surface area contributed by atoms with Crippen LogP contribution in [0.1, 0.15) is 15.9 Å². The van der Waals surface area contributed by atoms with E-state index in [-0.39, 0.29) is 5.91 Å². The van der Waals surface area contributed by atoms with E-state index in [2.05, 4.69) is 10.2 Å². The number of hydrogen-bond donors (Lipinski definition) is 1. The third kappa shape index (κ3) is 5.64. The SMILES string of the molecule is Cc1ccc(-c2cc(C(=O)Nc3ccc(N(CCCl)CCCl)cc3)c3cc(Cl)ccc3n2)cc1. The number of carbonyl (C=O) groups is 1. The Morgan fingerprint density at radius 1 is 0.912 bits per heavy atom. The Morgan fingerprint density at radius 2 is 1.59 bits per heavy atom. The second-order valence-electron chi connectivity index (χ2n) is 7.95. The van der Waals surface area contributed by atoms with Crippen LogP contribution in [0, 0.1) is 6.92 Å². The molecule has 7 heteroatoms. The van der Waals surface area contributed by atoms with Gasteiger partial charge in [0.25, 0.3) is 5.91 Å². The molecule has 4 nitrogen and oxygen atoms in total. The summed E-state index contributed by atoms with van der Waals surface area (Å²) in [5, 5.41) is 4.26. The van der Waals surface area contributed by atoms with Crippen molar-refractivity contribution in [3.05, 3.63) is 88.9 Å². The molecule has 0 unspecified atom stereocenters. The van der Waals surface area contributed by atoms with Crippen molar-refractivity contribution < 1.29 is 4.79 Å². The average molecular weight is 513 g/mol. The first-order chi connectivity index (χ1) is 16.5. The molecule has 0 fully saturated rings. The summed E-state index contributed by atoms with van der Waals surface area (Å²) < 4.78 is 0. The van der Waals surface area contributed by atoms with Crippen molar-refractivity contribution in [2.75, 3.05) is 35.1 Å². The summed E-state index contributed by atoms with van der Waals surface area (Å²) in [7, 11) is 0. The van der Waals surface area contributed by atoms with Crippen molar-refractivity contribution in [1.82, 2.24) is 4.98 Å². The minimum Gasteiger partial charge on any atom is -0.369 e. The topological polar surface area (TPSA) is 45.2 Å². The number of carbonyl (C=O) groups excluding carboxylic acids is 1. The van der Waals surface area contributed by atoms with Crippen LogP contribution in [0.2, 0.25) is 5.02 Å². The second-order valence-corrected chi connectivity index (χ2v) is 9.14. The molecule has 1 N–H and O–H groups in total. The van der Waals surface area contributed by atoms with E-state index in [1.807, 2.05) is 67.6 Å². The maximum atomic E-state index is 13.4. The number of aromatic nitrogens is 1. The van der Waals surface area contributed by atoms with Crippen molar-refractivity contribution in [2.24, 2.45) is 0 Å². The number of benzene rings is 3. The van der Waals surface area contributed by atoms with Crippen LogP contribution < -0.4 is 10.2 Å². The number of rotatable bonds is 8. The zero-order chi connectivity index (χ0) is 24.1. The Labute approximate surface area is 214 Å². The molecule has 0 saturated heterocycles. The number of pyridine rings is 1. The van der Waals surface area contributed by atoms with Crippen LogP contribution >= 0.6 is 34.8 Å². The molecule has 174 valence electrons. The summed E-state index contributed by atoms with van der Waals surface area (Å²) in [6.45, 7) is 3.44. The maximum absolute atomic E-state index is 13.4. The number of hydrogen-bond acceptors (Lipinski definition) is 3. The van der Waals surface area contributed by atoms with Crippen LogP contribution in [0.3, 0.4) is 0 Å². The van der Waals surface area contributed by atoms with E-state index in [0.29, 0.717) is 52.0 Å². The largest absolute Gasteiger partial charge is 0.369 e. The predicted molar refractivity (Wildman–Crippen MR) is 145 cm³/mol. The fourth-order valence-corrected chi connectivity index (χ4v) is 4.37. The molecule has 3 aromatic carbocycles. The molecule has 1 heterocycles. The Balaban J connectivity index is 1.66. The molecular formula is C27H24Cl3N3O. The quantitative estimate of drug-likeness (QED) is 0.250. The van der Waals surface area contributed by atoms with Gasteiger partial charge in [-0.25, -0.2) is 4.98 Å². The maximum Gasteiger partial charge on any atom is 0.256 e. The van der Waals surface area contributed by atoms with E-state index in [1.165, 1.54) is 0 Å². The number of alkyl halides is 2. The van der Waals surface area contributed by atoms with E-state index in [0.717, 1.165) is 22.5 Å². The first-order valence-electron chi connectivity index (χ1n) is 10.9. The Kier molecular flexibility index (Phi) is 7.94. The second kappa shape index (κ2) is 11.1. The number of fused-ring (bicyclic) bond motifs is 1. The zero-order valence-electron chi connectivity index (χ0n) is 18.7. The summed E-state index contributed by atoms with van der Waals surface area (Å²) in [4.78, 5) is 20.2. The molecule has 0 aliphatic carbocycles. The first-order valence-corrected chi connectivity index (χ1v) is 12.4. The number of halogens is 3. The molecule has 0 saturated carbocycles. The lowest BCUT2D eigenvalue weighted by Gasteiger charge is -2.23. The van der Waals surface area contributed by atoms with Crippen LogP contribution in [-0.4, -0.2) is 35.7 Å². The van der Waals surface area contributed by atoms with Crippen LogP contribution in [0.4, 0.5) is 11.4 Å². The van der Waals surface area contributed by atoms with Gasteiger partial charge in [0, 0.05) is 52.2 Å². The fourth-order valence-electron chi connectivity index (χ4n) is 3.79. The molecule has 34 heavy (non-hydrogen) atoms. The number of aryl methyl sites for hydroxylation is 1. The fraction of sp³-hybridized carbons (Fsp3) is 0.185. The highest BCUT2D eigenvalue weighted by molar-refractivity contribution is 6.31. The lowest BCUT2D eigenvalue weighted by Crippen LogP contribution is -2.27. The van der Waals surface area contributed by atoms with Crippen molar-refractivity contribution in [1.29, 1.82) is 0 Å². The van der Waals surface area contributed by atoms with Crippen molar-refractivity contribution in [3.8, 4) is 11.3 Å². The normalized spacial score (nSPS) is 10.9. The van der Waals surface area contributed by atoms with E-state index in [4.69, 9.17) is 39.8 Å². The number of nitrogens with one attached hydrogen (secondary N) is 1. The van der Waals surface area contributed by atoms with Gasteiger partial charge in [-0.05, 0) is 55.5 Å². The average Bonchev–Trinajstić information content (AvgIpc) is 2.84. The van der Waals surface area contributed by atoms with E-state index < -0.39 is 0 Å². The molecule has 4 aromatic rings. The van der Waals surface area contributed by atoms with Gasteiger partial charge in [-0.1, -0.05) is 41.4 Å². The smallest absolute Gasteiger partial charge is 0.256 e. The molecule has 0 radical (unpaired) electrons. The molecule has 0 aliphatic rings.